The van der Waals surface area contributed by atoms with Crippen LogP contribution >= 0.6 is 38.9 Å². The molecule has 2 heterocycles. The molecule has 0 aromatic carbocycles. The Labute approximate surface area is 105 Å². The lowest BCUT2D eigenvalue weighted by Gasteiger charge is -2.08. The van der Waals surface area contributed by atoms with E-state index in [1.165, 1.54) is 17.5 Å². The maximum absolute atomic E-state index is 10.0. The molecule has 2 nitrogen and oxygen atoms in total. The SMILES string of the molecule is OC(c1ccc(Cl)cn1)c1sccc1Br. The molecule has 78 valence electrons. The molecule has 0 saturated carbocycles. The number of hydrogen-bond donors (Lipinski definition) is 1. The van der Waals surface area contributed by atoms with Crippen molar-refractivity contribution >= 4 is 38.9 Å². The second-order valence-corrected chi connectivity index (χ2v) is 5.18. The van der Waals surface area contributed by atoms with Crippen LogP contribution in [0.2, 0.25) is 5.02 Å². The molecule has 2 aromatic rings. The van der Waals surface area contributed by atoms with Gasteiger partial charge in [-0.1, -0.05) is 11.6 Å². The summed E-state index contributed by atoms with van der Waals surface area (Å²) in [6.07, 6.45) is 0.832. The van der Waals surface area contributed by atoms with Crippen molar-refractivity contribution in [3.05, 3.63) is 49.8 Å². The highest BCUT2D eigenvalue weighted by molar-refractivity contribution is 9.10. The Morgan fingerprint density at radius 3 is 2.73 bits per heavy atom. The van der Waals surface area contributed by atoms with E-state index in [1.54, 1.807) is 12.1 Å². The molecule has 0 aliphatic rings. The standard InChI is InChI=1S/C10H7BrClNOS/c11-7-3-4-15-10(7)9(14)8-2-1-6(12)5-13-8/h1-5,9,14H. The van der Waals surface area contributed by atoms with E-state index >= 15 is 0 Å². The molecule has 0 radical (unpaired) electrons. The second kappa shape index (κ2) is 4.61. The van der Waals surface area contributed by atoms with E-state index in [-0.39, 0.29) is 0 Å². The maximum atomic E-state index is 10.0. The molecular weight excluding hydrogens is 298 g/mol. The van der Waals surface area contributed by atoms with Gasteiger partial charge in [-0.25, -0.2) is 0 Å². The van der Waals surface area contributed by atoms with Gasteiger partial charge in [-0.3, -0.25) is 4.98 Å². The maximum Gasteiger partial charge on any atom is 0.131 e. The Bertz CT molecular complexity index is 457. The Hall–Kier alpha value is -0.420. The Kier molecular flexibility index (Phi) is 3.41. The lowest BCUT2D eigenvalue weighted by Crippen LogP contribution is -2.00. The van der Waals surface area contributed by atoms with Crippen molar-refractivity contribution in [3.8, 4) is 0 Å². The van der Waals surface area contributed by atoms with Gasteiger partial charge < -0.3 is 5.11 Å². The van der Waals surface area contributed by atoms with Gasteiger partial charge in [-0.15, -0.1) is 11.3 Å². The van der Waals surface area contributed by atoms with Crippen LogP contribution in [0.1, 0.15) is 16.7 Å². The van der Waals surface area contributed by atoms with Crippen molar-refractivity contribution in [2.45, 2.75) is 6.10 Å². The fourth-order valence-corrected chi connectivity index (χ4v) is 2.88. The molecule has 2 aromatic heterocycles. The Morgan fingerprint density at radius 1 is 1.40 bits per heavy atom. The van der Waals surface area contributed by atoms with E-state index in [9.17, 15) is 5.11 Å². The number of thiophene rings is 1. The molecule has 0 aliphatic heterocycles. The lowest BCUT2D eigenvalue weighted by atomic mass is 10.2. The first kappa shape index (κ1) is 11.1. The molecule has 1 unspecified atom stereocenters. The average Bonchev–Trinajstić information content (AvgIpc) is 2.65. The van der Waals surface area contributed by atoms with E-state index in [0.29, 0.717) is 10.7 Å². The van der Waals surface area contributed by atoms with Crippen molar-refractivity contribution in [2.75, 3.05) is 0 Å². The van der Waals surface area contributed by atoms with Gasteiger partial charge in [0.25, 0.3) is 0 Å². The van der Waals surface area contributed by atoms with Crippen LogP contribution in [0.4, 0.5) is 0 Å². The van der Waals surface area contributed by atoms with Gasteiger partial charge in [0.15, 0.2) is 0 Å². The number of pyridine rings is 1. The van der Waals surface area contributed by atoms with Gasteiger partial charge in [0, 0.05) is 10.7 Å². The lowest BCUT2D eigenvalue weighted by molar-refractivity contribution is 0.218. The fourth-order valence-electron chi connectivity index (χ4n) is 1.18. The number of halogens is 2. The third-order valence-electron chi connectivity index (χ3n) is 1.92. The van der Waals surface area contributed by atoms with Gasteiger partial charge in [0.05, 0.1) is 15.6 Å². The number of aliphatic hydroxyl groups excluding tert-OH is 1. The van der Waals surface area contributed by atoms with Crippen LogP contribution < -0.4 is 0 Å². The van der Waals surface area contributed by atoms with Crippen LogP contribution in [0.15, 0.2) is 34.2 Å². The highest BCUT2D eigenvalue weighted by Gasteiger charge is 2.15. The molecule has 0 amide bonds. The van der Waals surface area contributed by atoms with Gasteiger partial charge in [-0.2, -0.15) is 0 Å². The average molecular weight is 305 g/mol. The molecule has 0 bridgehead atoms. The summed E-state index contributed by atoms with van der Waals surface area (Å²) < 4.78 is 0.900. The number of aliphatic hydroxyl groups is 1. The summed E-state index contributed by atoms with van der Waals surface area (Å²) >= 11 is 10.6. The van der Waals surface area contributed by atoms with Crippen LogP contribution in [0.25, 0.3) is 0 Å². The van der Waals surface area contributed by atoms with E-state index in [0.717, 1.165) is 9.35 Å². The topological polar surface area (TPSA) is 33.1 Å². The van der Waals surface area contributed by atoms with Crippen LogP contribution in [0.5, 0.6) is 0 Å². The van der Waals surface area contributed by atoms with Crippen molar-refractivity contribution in [1.29, 1.82) is 0 Å². The zero-order valence-corrected chi connectivity index (χ0v) is 10.7. The highest BCUT2D eigenvalue weighted by Crippen LogP contribution is 2.32. The third kappa shape index (κ3) is 2.39. The second-order valence-electron chi connectivity index (χ2n) is 2.94. The molecule has 15 heavy (non-hydrogen) atoms. The summed E-state index contributed by atoms with van der Waals surface area (Å²) in [6.45, 7) is 0. The Morgan fingerprint density at radius 2 is 2.20 bits per heavy atom. The van der Waals surface area contributed by atoms with Crippen LogP contribution in [-0.4, -0.2) is 10.1 Å². The minimum Gasteiger partial charge on any atom is -0.381 e. The summed E-state index contributed by atoms with van der Waals surface area (Å²) in [4.78, 5) is 4.93. The number of rotatable bonds is 2. The minimum absolute atomic E-state index is 0.566. The Balaban J connectivity index is 2.32. The largest absolute Gasteiger partial charge is 0.381 e. The minimum atomic E-state index is -0.698. The molecule has 1 N–H and O–H groups in total. The molecule has 2 rings (SSSR count). The molecule has 0 saturated heterocycles. The van der Waals surface area contributed by atoms with Gasteiger partial charge in [0.2, 0.25) is 0 Å². The summed E-state index contributed by atoms with van der Waals surface area (Å²) in [7, 11) is 0. The normalized spacial score (nSPS) is 12.7. The van der Waals surface area contributed by atoms with E-state index < -0.39 is 6.10 Å². The highest BCUT2D eigenvalue weighted by atomic mass is 79.9. The quantitative estimate of drug-likeness (QED) is 0.919. The zero-order valence-electron chi connectivity index (χ0n) is 7.52. The first-order valence-electron chi connectivity index (χ1n) is 4.21. The number of hydrogen-bond acceptors (Lipinski definition) is 3. The smallest absolute Gasteiger partial charge is 0.131 e. The van der Waals surface area contributed by atoms with E-state index in [4.69, 9.17) is 11.6 Å². The molecule has 1 atom stereocenters. The molecule has 0 aliphatic carbocycles. The monoisotopic (exact) mass is 303 g/mol. The van der Waals surface area contributed by atoms with Crippen molar-refractivity contribution in [2.24, 2.45) is 0 Å². The zero-order chi connectivity index (χ0) is 10.8. The van der Waals surface area contributed by atoms with Crippen molar-refractivity contribution < 1.29 is 5.11 Å². The van der Waals surface area contributed by atoms with Crippen LogP contribution in [0.3, 0.4) is 0 Å². The number of nitrogens with zero attached hydrogens (tertiary/aromatic N) is 1. The first-order valence-corrected chi connectivity index (χ1v) is 6.26. The van der Waals surface area contributed by atoms with E-state index in [2.05, 4.69) is 20.9 Å². The predicted molar refractivity (Wildman–Crippen MR) is 65.3 cm³/mol. The molecule has 0 fully saturated rings. The molecule has 0 spiro atoms. The van der Waals surface area contributed by atoms with Crippen molar-refractivity contribution in [3.63, 3.8) is 0 Å². The van der Waals surface area contributed by atoms with Crippen molar-refractivity contribution in [1.82, 2.24) is 4.98 Å². The first-order chi connectivity index (χ1) is 7.18. The summed E-state index contributed by atoms with van der Waals surface area (Å²) in [5.41, 5.74) is 0.600. The van der Waals surface area contributed by atoms with Crippen LogP contribution in [0, 0.1) is 0 Å². The van der Waals surface area contributed by atoms with Gasteiger partial charge in [0.1, 0.15) is 6.10 Å². The summed E-state index contributed by atoms with van der Waals surface area (Å²) in [5, 5.41) is 12.5. The van der Waals surface area contributed by atoms with Gasteiger partial charge >= 0.3 is 0 Å². The molecular formula is C10H7BrClNOS. The predicted octanol–water partition coefficient (Wildman–Crippen LogP) is 3.64. The fraction of sp³-hybridized carbons (Fsp3) is 0.100. The molecule has 5 heteroatoms. The van der Waals surface area contributed by atoms with Crippen LogP contribution in [-0.2, 0) is 0 Å². The number of aromatic nitrogens is 1. The summed E-state index contributed by atoms with van der Waals surface area (Å²) in [6, 6.07) is 5.34. The van der Waals surface area contributed by atoms with E-state index in [1.807, 2.05) is 11.4 Å². The van der Waals surface area contributed by atoms with Gasteiger partial charge in [-0.05, 0) is 39.5 Å². The third-order valence-corrected chi connectivity index (χ3v) is 4.07. The summed E-state index contributed by atoms with van der Waals surface area (Å²) in [5.74, 6) is 0.